The molecule has 4 aliphatic carbocycles. The molecule has 0 aliphatic heterocycles. The molecule has 0 aromatic rings. The highest BCUT2D eigenvalue weighted by molar-refractivity contribution is 5.33. The van der Waals surface area contributed by atoms with Crippen molar-refractivity contribution in [1.82, 2.24) is 0 Å². The molecule has 0 aromatic carbocycles. The smallest absolute Gasteiger partial charge is 0.0726 e. The molecule has 0 spiro atoms. The third kappa shape index (κ3) is 3.41. The molecule has 0 unspecified atom stereocenters. The minimum absolute atomic E-state index is 0.00444. The van der Waals surface area contributed by atoms with Crippen LogP contribution in [0.2, 0.25) is 0 Å². The molecule has 32 heavy (non-hydrogen) atoms. The van der Waals surface area contributed by atoms with Crippen LogP contribution in [0.15, 0.2) is 23.3 Å². The van der Waals surface area contributed by atoms with E-state index in [0.717, 1.165) is 19.3 Å². The molecule has 4 rings (SSSR count). The first-order valence-electron chi connectivity index (χ1n) is 13.5. The van der Waals surface area contributed by atoms with Gasteiger partial charge in [-0.25, -0.2) is 0 Å². The first-order chi connectivity index (χ1) is 14.8. The van der Waals surface area contributed by atoms with Crippen molar-refractivity contribution in [2.45, 2.75) is 119 Å². The van der Waals surface area contributed by atoms with Gasteiger partial charge in [0.1, 0.15) is 0 Å². The van der Waals surface area contributed by atoms with Gasteiger partial charge in [-0.05, 0) is 111 Å². The number of aliphatic hydroxyl groups excluding tert-OH is 2. The maximum absolute atomic E-state index is 10.8. The lowest BCUT2D eigenvalue weighted by Crippen LogP contribution is -2.58. The van der Waals surface area contributed by atoms with Crippen LogP contribution in [0.1, 0.15) is 107 Å². The molecule has 0 heterocycles. The van der Waals surface area contributed by atoms with E-state index in [4.69, 9.17) is 0 Å². The van der Waals surface area contributed by atoms with Crippen molar-refractivity contribution in [3.63, 3.8) is 0 Å². The van der Waals surface area contributed by atoms with Gasteiger partial charge in [-0.15, -0.1) is 0 Å². The molecule has 2 heteroatoms. The van der Waals surface area contributed by atoms with Crippen molar-refractivity contribution in [2.24, 2.45) is 45.3 Å². The summed E-state index contributed by atoms with van der Waals surface area (Å²) in [6.45, 7) is 18.9. The predicted octanol–water partition coefficient (Wildman–Crippen LogP) is 7.31. The van der Waals surface area contributed by atoms with E-state index >= 15 is 0 Å². The van der Waals surface area contributed by atoms with E-state index in [1.165, 1.54) is 37.7 Å². The fourth-order valence-electron chi connectivity index (χ4n) is 9.65. The lowest BCUT2D eigenvalue weighted by molar-refractivity contribution is -0.131. The van der Waals surface area contributed by atoms with Crippen molar-refractivity contribution in [1.29, 1.82) is 0 Å². The Labute approximate surface area is 198 Å². The van der Waals surface area contributed by atoms with E-state index in [-0.39, 0.29) is 23.0 Å². The van der Waals surface area contributed by atoms with Gasteiger partial charge in [0.25, 0.3) is 0 Å². The Morgan fingerprint density at radius 2 is 1.75 bits per heavy atom. The van der Waals surface area contributed by atoms with Crippen LogP contribution in [-0.2, 0) is 0 Å². The molecule has 3 saturated carbocycles. The number of allylic oxidation sites excluding steroid dienone is 3. The van der Waals surface area contributed by atoms with E-state index in [2.05, 4.69) is 61.5 Å². The van der Waals surface area contributed by atoms with Crippen LogP contribution >= 0.6 is 0 Å². The van der Waals surface area contributed by atoms with Gasteiger partial charge in [0.15, 0.2) is 0 Å². The van der Waals surface area contributed by atoms with Crippen molar-refractivity contribution in [2.75, 3.05) is 0 Å². The van der Waals surface area contributed by atoms with Gasteiger partial charge in [0, 0.05) is 0 Å². The fourth-order valence-corrected chi connectivity index (χ4v) is 9.65. The Hall–Kier alpha value is -0.600. The van der Waals surface area contributed by atoms with Crippen LogP contribution in [0.5, 0.6) is 0 Å². The zero-order chi connectivity index (χ0) is 23.7. The highest BCUT2D eigenvalue weighted by Gasteiger charge is 2.65. The van der Waals surface area contributed by atoms with Crippen molar-refractivity contribution in [3.05, 3.63) is 23.3 Å². The van der Waals surface area contributed by atoms with E-state index in [1.807, 2.05) is 6.08 Å². The molecular weight excluding hydrogens is 392 g/mol. The lowest BCUT2D eigenvalue weighted by Gasteiger charge is -2.64. The second-order valence-corrected chi connectivity index (χ2v) is 13.8. The van der Waals surface area contributed by atoms with E-state index in [0.29, 0.717) is 34.5 Å². The Balaban J connectivity index is 1.63. The first-order valence-corrected chi connectivity index (χ1v) is 13.5. The van der Waals surface area contributed by atoms with E-state index < -0.39 is 0 Å². The van der Waals surface area contributed by atoms with E-state index in [1.54, 1.807) is 5.57 Å². The molecule has 4 aliphatic rings. The molecular formula is C30H50O2. The van der Waals surface area contributed by atoms with Crippen LogP contribution in [-0.4, -0.2) is 22.4 Å². The van der Waals surface area contributed by atoms with Gasteiger partial charge in [-0.3, -0.25) is 0 Å². The van der Waals surface area contributed by atoms with Crippen LogP contribution in [0.4, 0.5) is 0 Å². The number of aliphatic hydroxyl groups is 2. The summed E-state index contributed by atoms with van der Waals surface area (Å²) in [5, 5.41) is 21.4. The number of fused-ring (bicyclic) bond motifs is 5. The van der Waals surface area contributed by atoms with Gasteiger partial charge in [0.2, 0.25) is 0 Å². The maximum atomic E-state index is 10.8. The second kappa shape index (κ2) is 7.98. The number of hydrogen-bond acceptors (Lipinski definition) is 2. The summed E-state index contributed by atoms with van der Waals surface area (Å²) in [4.78, 5) is 0. The number of rotatable bonds is 4. The van der Waals surface area contributed by atoms with Crippen molar-refractivity contribution >= 4 is 0 Å². The van der Waals surface area contributed by atoms with Crippen molar-refractivity contribution in [3.8, 4) is 0 Å². The molecule has 2 N–H and O–H groups in total. The van der Waals surface area contributed by atoms with Crippen LogP contribution < -0.4 is 0 Å². The minimum Gasteiger partial charge on any atom is -0.393 e. The predicted molar refractivity (Wildman–Crippen MR) is 134 cm³/mol. The second-order valence-electron chi connectivity index (χ2n) is 13.8. The Kier molecular flexibility index (Phi) is 6.11. The molecule has 0 saturated heterocycles. The standard InChI is InChI=1S/C30H50O2/c1-19(2)17-21(31)18-20(3)22-11-15-30(8)24-9-10-25-27(4,5)26(32)13-14-28(25,6)23(24)12-16-29(22,30)7/h9,17,20-23,25-26,31-32H,10-16,18H2,1-8H3/t20-,21-,22-,23+,25-,26-,28+,29-,30+/m0/s1. The number of hydrogen-bond donors (Lipinski definition) is 2. The lowest BCUT2D eigenvalue weighted by atomic mass is 9.41. The van der Waals surface area contributed by atoms with Crippen molar-refractivity contribution < 1.29 is 10.2 Å². The third-order valence-corrected chi connectivity index (χ3v) is 11.7. The van der Waals surface area contributed by atoms with Gasteiger partial charge in [-0.1, -0.05) is 64.8 Å². The van der Waals surface area contributed by atoms with Gasteiger partial charge in [-0.2, -0.15) is 0 Å². The van der Waals surface area contributed by atoms with E-state index in [9.17, 15) is 10.2 Å². The Bertz CT molecular complexity index is 789. The van der Waals surface area contributed by atoms with Gasteiger partial charge < -0.3 is 10.2 Å². The fraction of sp³-hybridized carbons (Fsp3) is 0.867. The maximum Gasteiger partial charge on any atom is 0.0726 e. The summed E-state index contributed by atoms with van der Waals surface area (Å²) < 4.78 is 0. The summed E-state index contributed by atoms with van der Waals surface area (Å²) in [5.74, 6) is 2.48. The third-order valence-electron chi connectivity index (χ3n) is 11.7. The zero-order valence-corrected chi connectivity index (χ0v) is 22.2. The quantitative estimate of drug-likeness (QED) is 0.448. The molecule has 0 amide bonds. The van der Waals surface area contributed by atoms with Crippen LogP contribution in [0.25, 0.3) is 0 Å². The largest absolute Gasteiger partial charge is 0.393 e. The summed E-state index contributed by atoms with van der Waals surface area (Å²) in [6.07, 6.45) is 13.6. The normalized spacial score (nSPS) is 46.9. The molecule has 182 valence electrons. The highest BCUT2D eigenvalue weighted by Crippen LogP contribution is 2.73. The molecule has 0 radical (unpaired) electrons. The van der Waals surface area contributed by atoms with Crippen LogP contribution in [0.3, 0.4) is 0 Å². The molecule has 9 atom stereocenters. The average molecular weight is 443 g/mol. The monoisotopic (exact) mass is 442 g/mol. The SMILES string of the molecule is CC(C)=C[C@H](O)C[C@H](C)[C@@H]1CC[C@]2(C)C3=CC[C@H]4C(C)(C)[C@@H](O)CC[C@]4(C)[C@@H]3CC[C@@]12C. The Morgan fingerprint density at radius 3 is 2.41 bits per heavy atom. The molecule has 0 bridgehead atoms. The minimum atomic E-state index is -0.314. The summed E-state index contributed by atoms with van der Waals surface area (Å²) in [7, 11) is 0. The zero-order valence-electron chi connectivity index (χ0n) is 22.2. The summed E-state index contributed by atoms with van der Waals surface area (Å²) >= 11 is 0. The molecule has 3 fully saturated rings. The highest BCUT2D eigenvalue weighted by atomic mass is 16.3. The summed E-state index contributed by atoms with van der Waals surface area (Å²) in [5.41, 5.74) is 3.92. The first kappa shape index (κ1) is 24.5. The molecule has 0 aromatic heterocycles. The van der Waals surface area contributed by atoms with Gasteiger partial charge in [0.05, 0.1) is 12.2 Å². The van der Waals surface area contributed by atoms with Crippen LogP contribution in [0, 0.1) is 45.3 Å². The topological polar surface area (TPSA) is 40.5 Å². The molecule has 2 nitrogen and oxygen atoms in total. The Morgan fingerprint density at radius 1 is 1.06 bits per heavy atom. The summed E-state index contributed by atoms with van der Waals surface area (Å²) in [6, 6.07) is 0. The van der Waals surface area contributed by atoms with Gasteiger partial charge >= 0.3 is 0 Å². The average Bonchev–Trinajstić information content (AvgIpc) is 2.96.